The van der Waals surface area contributed by atoms with Gasteiger partial charge in [-0.3, -0.25) is 4.79 Å². The van der Waals surface area contributed by atoms with E-state index in [4.69, 9.17) is 9.47 Å². The zero-order chi connectivity index (χ0) is 20.1. The summed E-state index contributed by atoms with van der Waals surface area (Å²) in [5.74, 6) is -1.52. The summed E-state index contributed by atoms with van der Waals surface area (Å²) in [6.45, 7) is 0. The van der Waals surface area contributed by atoms with Crippen molar-refractivity contribution in [2.24, 2.45) is 5.92 Å². The van der Waals surface area contributed by atoms with Crippen molar-refractivity contribution in [2.75, 3.05) is 7.11 Å². The molecular weight excluding hydrogens is 374 g/mol. The first-order valence-electron chi connectivity index (χ1n) is 9.29. The van der Waals surface area contributed by atoms with Crippen LogP contribution in [0.5, 0.6) is 17.2 Å². The van der Waals surface area contributed by atoms with E-state index in [2.05, 4.69) is 5.10 Å². The summed E-state index contributed by atoms with van der Waals surface area (Å²) in [5, 5.41) is 15.5. The predicted octanol–water partition coefficient (Wildman–Crippen LogP) is -0.551. The maximum Gasteiger partial charge on any atom is 1.00 e. The average molecular weight is 396 g/mol. The first-order chi connectivity index (χ1) is 13.5. The topological polar surface area (TPSA) is 93.5 Å². The second-order valence-electron chi connectivity index (χ2n) is 6.95. The molecule has 0 amide bonds. The molecule has 1 aliphatic carbocycles. The van der Waals surface area contributed by atoms with Crippen LogP contribution in [0.15, 0.2) is 35.3 Å². The van der Waals surface area contributed by atoms with E-state index in [1.807, 2.05) is 0 Å². The molecule has 1 heterocycles. The van der Waals surface area contributed by atoms with Crippen molar-refractivity contribution in [1.82, 2.24) is 9.78 Å². The number of rotatable bonds is 7. The maximum absolute atomic E-state index is 14.0. The molecule has 29 heavy (non-hydrogen) atoms. The van der Waals surface area contributed by atoms with E-state index >= 15 is 0 Å². The SMILES string of the molecule is COc1ccc(Oc2cnn(C(CC3CCCCC3)C(=O)[O-])c(=O)c2)c(F)c1.[Li+]. The van der Waals surface area contributed by atoms with Gasteiger partial charge in [0, 0.05) is 12.1 Å². The number of aromatic nitrogens is 2. The van der Waals surface area contributed by atoms with E-state index in [0.29, 0.717) is 12.2 Å². The van der Waals surface area contributed by atoms with E-state index in [9.17, 15) is 19.1 Å². The zero-order valence-corrected chi connectivity index (χ0v) is 16.6. The van der Waals surface area contributed by atoms with Crippen molar-refractivity contribution in [3.05, 3.63) is 46.6 Å². The molecule has 0 aliphatic heterocycles. The summed E-state index contributed by atoms with van der Waals surface area (Å²) in [6, 6.07) is 3.99. The first-order valence-corrected chi connectivity index (χ1v) is 9.29. The van der Waals surface area contributed by atoms with Crippen molar-refractivity contribution >= 4 is 5.97 Å². The quantitative estimate of drug-likeness (QED) is 0.583. The number of carboxylic acid groups (broad SMARTS) is 1. The fourth-order valence-electron chi connectivity index (χ4n) is 3.54. The van der Waals surface area contributed by atoms with Crippen LogP contribution in [0.2, 0.25) is 0 Å². The fourth-order valence-corrected chi connectivity index (χ4v) is 3.54. The predicted molar refractivity (Wildman–Crippen MR) is 96.8 cm³/mol. The maximum atomic E-state index is 14.0. The molecule has 1 aromatic heterocycles. The van der Waals surface area contributed by atoms with Crippen molar-refractivity contribution in [2.45, 2.75) is 44.6 Å². The number of benzene rings is 1. The molecule has 0 bridgehead atoms. The van der Waals surface area contributed by atoms with Gasteiger partial charge in [-0.1, -0.05) is 32.1 Å². The molecule has 1 aliphatic rings. The average Bonchev–Trinajstić information content (AvgIpc) is 2.69. The molecule has 0 saturated heterocycles. The number of halogens is 1. The molecule has 1 aromatic carbocycles. The molecule has 0 spiro atoms. The molecule has 0 N–H and O–H groups in total. The standard InChI is InChI=1S/C20H23FN2O5.Li/c1-27-14-7-8-18(16(21)10-14)28-15-11-19(24)23(22-12-15)17(20(25)26)9-13-5-3-2-4-6-13;/h7-8,10-13,17H,2-6,9H2,1H3,(H,25,26);/q;+1/p-1. The first kappa shape index (κ1) is 23.0. The third-order valence-electron chi connectivity index (χ3n) is 5.02. The Bertz CT molecular complexity index is 899. The summed E-state index contributed by atoms with van der Waals surface area (Å²) < 4.78 is 25.2. The normalized spacial score (nSPS) is 15.2. The van der Waals surface area contributed by atoms with Crippen LogP contribution in [0.25, 0.3) is 0 Å². The van der Waals surface area contributed by atoms with Gasteiger partial charge in [-0.25, -0.2) is 9.07 Å². The molecule has 7 nitrogen and oxygen atoms in total. The minimum Gasteiger partial charge on any atom is -0.548 e. The molecule has 1 fully saturated rings. The Morgan fingerprint density at radius 2 is 2.00 bits per heavy atom. The van der Waals surface area contributed by atoms with E-state index in [-0.39, 0.29) is 36.3 Å². The Morgan fingerprint density at radius 3 is 2.59 bits per heavy atom. The number of nitrogens with zero attached hydrogens (tertiary/aromatic N) is 2. The van der Waals surface area contributed by atoms with Crippen LogP contribution in [0.4, 0.5) is 4.39 Å². The van der Waals surface area contributed by atoms with E-state index in [1.54, 1.807) is 0 Å². The second-order valence-corrected chi connectivity index (χ2v) is 6.95. The number of carboxylic acids is 1. The van der Waals surface area contributed by atoms with Gasteiger partial charge in [0.05, 0.1) is 25.3 Å². The summed E-state index contributed by atoms with van der Waals surface area (Å²) in [4.78, 5) is 24.0. The van der Waals surface area contributed by atoms with Gasteiger partial charge in [0.15, 0.2) is 17.3 Å². The Morgan fingerprint density at radius 1 is 1.28 bits per heavy atom. The molecule has 1 saturated carbocycles. The molecule has 2 aromatic rings. The Labute approximate surface area is 180 Å². The molecule has 150 valence electrons. The molecular formula is C20H22FLiN2O5. The van der Waals surface area contributed by atoms with Crippen molar-refractivity contribution in [3.8, 4) is 17.2 Å². The third-order valence-corrected chi connectivity index (χ3v) is 5.02. The van der Waals surface area contributed by atoms with Gasteiger partial charge in [0.2, 0.25) is 0 Å². The van der Waals surface area contributed by atoms with Gasteiger partial charge in [-0.15, -0.1) is 0 Å². The molecule has 3 rings (SSSR count). The number of methoxy groups -OCH3 is 1. The summed E-state index contributed by atoms with van der Waals surface area (Å²) >= 11 is 0. The van der Waals surface area contributed by atoms with Gasteiger partial charge in [-0.2, -0.15) is 5.10 Å². The number of hydrogen-bond donors (Lipinski definition) is 0. The van der Waals surface area contributed by atoms with E-state index in [0.717, 1.165) is 48.9 Å². The second kappa shape index (κ2) is 10.5. The number of aliphatic carboxylic acids is 1. The Balaban J connectivity index is 0.00000300. The van der Waals surface area contributed by atoms with Gasteiger partial charge in [0.25, 0.3) is 5.56 Å². The van der Waals surface area contributed by atoms with Crippen LogP contribution in [0.1, 0.15) is 44.6 Å². The van der Waals surface area contributed by atoms with Crippen LogP contribution >= 0.6 is 0 Å². The van der Waals surface area contributed by atoms with Crippen LogP contribution < -0.4 is 39.0 Å². The smallest absolute Gasteiger partial charge is 0.548 e. The van der Waals surface area contributed by atoms with E-state index in [1.165, 1.54) is 25.4 Å². The Kier molecular flexibility index (Phi) is 8.29. The minimum atomic E-state index is -1.34. The van der Waals surface area contributed by atoms with Gasteiger partial charge >= 0.3 is 18.9 Å². The number of ether oxygens (including phenoxy) is 2. The summed E-state index contributed by atoms with van der Waals surface area (Å²) in [5.41, 5.74) is -0.642. The summed E-state index contributed by atoms with van der Waals surface area (Å²) in [7, 11) is 1.42. The fraction of sp³-hybridized carbons (Fsp3) is 0.450. The molecule has 9 heteroatoms. The third kappa shape index (κ3) is 5.84. The summed E-state index contributed by atoms with van der Waals surface area (Å²) in [6.07, 6.45) is 6.66. The van der Waals surface area contributed by atoms with Gasteiger partial charge in [0.1, 0.15) is 5.75 Å². The number of carbonyl (C=O) groups excluding carboxylic acids is 1. The van der Waals surface area contributed by atoms with Crippen LogP contribution in [0, 0.1) is 11.7 Å². The van der Waals surface area contributed by atoms with Crippen molar-refractivity contribution in [1.29, 1.82) is 0 Å². The largest absolute Gasteiger partial charge is 1.00 e. The van der Waals surface area contributed by atoms with Crippen LogP contribution in [0.3, 0.4) is 0 Å². The van der Waals surface area contributed by atoms with E-state index < -0.39 is 23.4 Å². The van der Waals surface area contributed by atoms with Crippen LogP contribution in [-0.4, -0.2) is 22.9 Å². The van der Waals surface area contributed by atoms with Gasteiger partial charge in [-0.05, 0) is 24.5 Å². The molecule has 0 radical (unpaired) electrons. The number of carbonyl (C=O) groups is 1. The van der Waals surface area contributed by atoms with Crippen LogP contribution in [-0.2, 0) is 4.79 Å². The van der Waals surface area contributed by atoms with Gasteiger partial charge < -0.3 is 19.4 Å². The van der Waals surface area contributed by atoms with Crippen molar-refractivity contribution < 1.29 is 42.6 Å². The molecule has 1 atom stereocenters. The molecule has 1 unspecified atom stereocenters. The minimum absolute atomic E-state index is 0. The zero-order valence-electron chi connectivity index (χ0n) is 16.6. The Hall–Kier alpha value is -2.30. The monoisotopic (exact) mass is 396 g/mol. The number of hydrogen-bond acceptors (Lipinski definition) is 6. The van der Waals surface area contributed by atoms with Crippen molar-refractivity contribution in [3.63, 3.8) is 0 Å².